The quantitative estimate of drug-likeness (QED) is 0.207. The van der Waals surface area contributed by atoms with Gasteiger partial charge in [0.2, 0.25) is 11.8 Å². The van der Waals surface area contributed by atoms with Gasteiger partial charge >= 0.3 is 0 Å². The Balaban J connectivity index is 1.31. The Morgan fingerprint density at radius 2 is 1.27 bits per heavy atom. The van der Waals surface area contributed by atoms with Gasteiger partial charge in [0, 0.05) is 11.1 Å². The first-order chi connectivity index (χ1) is 16.2. The van der Waals surface area contributed by atoms with Gasteiger partial charge in [0.15, 0.2) is 0 Å². The van der Waals surface area contributed by atoms with Gasteiger partial charge in [-0.1, -0.05) is 81.7 Å². The van der Waals surface area contributed by atoms with E-state index in [9.17, 15) is 0 Å². The molecule has 0 saturated carbocycles. The van der Waals surface area contributed by atoms with Gasteiger partial charge < -0.3 is 9.15 Å². The van der Waals surface area contributed by atoms with Crippen molar-refractivity contribution in [2.45, 2.75) is 65.2 Å². The number of ether oxygens (including phenoxy) is 1. The molecule has 0 N–H and O–H groups in total. The van der Waals surface area contributed by atoms with E-state index in [1.165, 1.54) is 50.5 Å². The predicted octanol–water partition coefficient (Wildman–Crippen LogP) is 8.38. The fourth-order valence-electron chi connectivity index (χ4n) is 4.03. The van der Waals surface area contributed by atoms with Crippen molar-refractivity contribution in [3.63, 3.8) is 0 Å². The van der Waals surface area contributed by atoms with Crippen LogP contribution in [0.2, 0.25) is 0 Å². The Kier molecular flexibility index (Phi) is 8.13. The highest BCUT2D eigenvalue weighted by Crippen LogP contribution is 2.28. The lowest BCUT2D eigenvalue weighted by molar-refractivity contribution is 0.304. The molecule has 0 saturated heterocycles. The average molecular weight is 443 g/mol. The summed E-state index contributed by atoms with van der Waals surface area (Å²) in [6, 6.07) is 20.5. The normalized spacial score (nSPS) is 11.2. The highest BCUT2D eigenvalue weighted by atomic mass is 16.5. The van der Waals surface area contributed by atoms with Gasteiger partial charge in [-0.2, -0.15) is 0 Å². The lowest BCUT2D eigenvalue weighted by atomic mass is 10.1. The highest BCUT2D eigenvalue weighted by Gasteiger charge is 2.11. The molecule has 0 aliphatic heterocycles. The Bertz CT molecular complexity index is 1150. The lowest BCUT2D eigenvalue weighted by Gasteiger charge is -2.08. The first-order valence-corrected chi connectivity index (χ1v) is 12.3. The minimum absolute atomic E-state index is 0.530. The maximum Gasteiger partial charge on any atom is 0.248 e. The molecule has 1 aromatic heterocycles. The second-order valence-corrected chi connectivity index (χ2v) is 8.83. The molecule has 0 aliphatic carbocycles. The number of hydrogen-bond donors (Lipinski definition) is 0. The SMILES string of the molecule is CCCCCCCCCCOc1ccc2cc(-c3nnc(-c4ccc(C)cc4)o3)ccc2c1. The standard InChI is InChI=1S/C29H34N2O2/c1-3-4-5-6-7-8-9-10-19-32-27-18-17-24-20-26(16-15-25(24)21-27)29-31-30-28(33-29)23-13-11-22(2)12-14-23/h11-18,20-21H,3-10,19H2,1-2H3. The monoisotopic (exact) mass is 442 g/mol. The molecule has 0 spiro atoms. The average Bonchev–Trinajstić information content (AvgIpc) is 3.33. The molecule has 0 fully saturated rings. The van der Waals surface area contributed by atoms with Gasteiger partial charge in [0.25, 0.3) is 0 Å². The predicted molar refractivity (Wildman–Crippen MR) is 136 cm³/mol. The third kappa shape index (κ3) is 6.44. The smallest absolute Gasteiger partial charge is 0.248 e. The van der Waals surface area contributed by atoms with Gasteiger partial charge in [-0.25, -0.2) is 0 Å². The molecule has 0 amide bonds. The van der Waals surface area contributed by atoms with Crippen molar-refractivity contribution in [3.05, 3.63) is 66.2 Å². The first kappa shape index (κ1) is 23.0. The summed E-state index contributed by atoms with van der Waals surface area (Å²) in [5, 5.41) is 10.7. The summed E-state index contributed by atoms with van der Waals surface area (Å²) in [5.74, 6) is 2.00. The Hall–Kier alpha value is -3.14. The van der Waals surface area contributed by atoms with Crippen LogP contribution in [0.15, 0.2) is 65.1 Å². The number of hydrogen-bond acceptors (Lipinski definition) is 4. The second-order valence-electron chi connectivity index (χ2n) is 8.83. The molecule has 0 bridgehead atoms. The van der Waals surface area contributed by atoms with Crippen LogP contribution in [0, 0.1) is 6.92 Å². The Labute approximate surface area is 197 Å². The minimum Gasteiger partial charge on any atom is -0.494 e. The van der Waals surface area contributed by atoms with Crippen molar-refractivity contribution in [3.8, 4) is 28.7 Å². The molecule has 4 aromatic rings. The van der Waals surface area contributed by atoms with E-state index in [1.807, 2.05) is 36.4 Å². The van der Waals surface area contributed by atoms with E-state index in [4.69, 9.17) is 9.15 Å². The molecule has 4 rings (SSSR count). The molecule has 0 radical (unpaired) electrons. The maximum absolute atomic E-state index is 5.99. The van der Waals surface area contributed by atoms with Crippen LogP contribution < -0.4 is 4.74 Å². The molecule has 1 heterocycles. The summed E-state index contributed by atoms with van der Waals surface area (Å²) in [4.78, 5) is 0. The molecule has 0 unspecified atom stereocenters. The molecule has 33 heavy (non-hydrogen) atoms. The van der Waals surface area contributed by atoms with Crippen LogP contribution in [0.3, 0.4) is 0 Å². The van der Waals surface area contributed by atoms with E-state index in [1.54, 1.807) is 0 Å². The highest BCUT2D eigenvalue weighted by molar-refractivity contribution is 5.87. The third-order valence-corrected chi connectivity index (χ3v) is 6.05. The van der Waals surface area contributed by atoms with Crippen LogP contribution >= 0.6 is 0 Å². The molecule has 0 aliphatic rings. The van der Waals surface area contributed by atoms with Crippen LogP contribution in [-0.4, -0.2) is 16.8 Å². The first-order valence-electron chi connectivity index (χ1n) is 12.3. The van der Waals surface area contributed by atoms with E-state index in [2.05, 4.69) is 48.3 Å². The molecule has 4 nitrogen and oxygen atoms in total. The van der Waals surface area contributed by atoms with Gasteiger partial charge in [-0.05, 0) is 60.5 Å². The number of benzene rings is 3. The maximum atomic E-state index is 5.99. The summed E-state index contributed by atoms with van der Waals surface area (Å²) in [5.41, 5.74) is 3.05. The van der Waals surface area contributed by atoms with Gasteiger partial charge in [-0.15, -0.1) is 10.2 Å². The topological polar surface area (TPSA) is 48.2 Å². The molecular weight excluding hydrogens is 408 g/mol. The van der Waals surface area contributed by atoms with Crippen molar-refractivity contribution in [2.24, 2.45) is 0 Å². The molecule has 172 valence electrons. The zero-order valence-electron chi connectivity index (χ0n) is 19.8. The van der Waals surface area contributed by atoms with Crippen molar-refractivity contribution in [2.75, 3.05) is 6.61 Å². The molecule has 4 heteroatoms. The lowest BCUT2D eigenvalue weighted by Crippen LogP contribution is -1.97. The van der Waals surface area contributed by atoms with Crippen molar-refractivity contribution < 1.29 is 9.15 Å². The van der Waals surface area contributed by atoms with Gasteiger partial charge in [0.05, 0.1) is 6.61 Å². The van der Waals surface area contributed by atoms with Gasteiger partial charge in [0.1, 0.15) is 5.75 Å². The van der Waals surface area contributed by atoms with E-state index in [0.29, 0.717) is 11.8 Å². The summed E-state index contributed by atoms with van der Waals surface area (Å²) in [6.45, 7) is 5.10. The van der Waals surface area contributed by atoms with Crippen LogP contribution in [0.1, 0.15) is 63.9 Å². The van der Waals surface area contributed by atoms with E-state index in [-0.39, 0.29) is 0 Å². The number of aryl methyl sites for hydroxylation is 1. The van der Waals surface area contributed by atoms with Crippen LogP contribution in [-0.2, 0) is 0 Å². The van der Waals surface area contributed by atoms with Crippen LogP contribution in [0.5, 0.6) is 5.75 Å². The number of unbranched alkanes of at least 4 members (excludes halogenated alkanes) is 7. The summed E-state index contributed by atoms with van der Waals surface area (Å²) in [7, 11) is 0. The van der Waals surface area contributed by atoms with Crippen molar-refractivity contribution in [1.29, 1.82) is 0 Å². The van der Waals surface area contributed by atoms with E-state index >= 15 is 0 Å². The number of nitrogens with zero attached hydrogens (tertiary/aromatic N) is 2. The minimum atomic E-state index is 0.530. The third-order valence-electron chi connectivity index (χ3n) is 6.05. The Morgan fingerprint density at radius 1 is 0.667 bits per heavy atom. The van der Waals surface area contributed by atoms with Crippen LogP contribution in [0.25, 0.3) is 33.7 Å². The summed E-state index contributed by atoms with van der Waals surface area (Å²) >= 11 is 0. The fourth-order valence-corrected chi connectivity index (χ4v) is 4.03. The number of aromatic nitrogens is 2. The summed E-state index contributed by atoms with van der Waals surface area (Å²) < 4.78 is 11.9. The van der Waals surface area contributed by atoms with Crippen molar-refractivity contribution in [1.82, 2.24) is 10.2 Å². The number of rotatable bonds is 12. The van der Waals surface area contributed by atoms with Crippen molar-refractivity contribution >= 4 is 10.8 Å². The number of fused-ring (bicyclic) bond motifs is 1. The summed E-state index contributed by atoms with van der Waals surface area (Å²) in [6.07, 6.45) is 10.5. The zero-order valence-corrected chi connectivity index (χ0v) is 19.8. The molecule has 3 aromatic carbocycles. The van der Waals surface area contributed by atoms with E-state index < -0.39 is 0 Å². The fraction of sp³-hybridized carbons (Fsp3) is 0.379. The molecule has 0 atom stereocenters. The molecular formula is C29H34N2O2. The second kappa shape index (κ2) is 11.6. The largest absolute Gasteiger partial charge is 0.494 e. The Morgan fingerprint density at radius 3 is 2.03 bits per heavy atom. The zero-order chi connectivity index (χ0) is 22.9. The van der Waals surface area contributed by atoms with E-state index in [0.717, 1.165) is 40.7 Å². The van der Waals surface area contributed by atoms with Crippen LogP contribution in [0.4, 0.5) is 0 Å². The van der Waals surface area contributed by atoms with Gasteiger partial charge in [-0.3, -0.25) is 0 Å².